The molecule has 182 valence electrons. The largest absolute Gasteiger partial charge is 0.573 e. The highest BCUT2D eigenvalue weighted by atomic mass is 19.4. The first-order chi connectivity index (χ1) is 15.8. The lowest BCUT2D eigenvalue weighted by molar-refractivity contribution is -0.275. The molecule has 2 aromatic rings. The molecule has 1 saturated carbocycles. The van der Waals surface area contributed by atoms with Crippen LogP contribution in [0.2, 0.25) is 0 Å². The van der Waals surface area contributed by atoms with Gasteiger partial charge in [0.1, 0.15) is 0 Å². The van der Waals surface area contributed by atoms with Crippen LogP contribution < -0.4 is 4.74 Å². The first kappa shape index (κ1) is 25.6. The molecule has 5 heteroatoms. The summed E-state index contributed by atoms with van der Waals surface area (Å²) in [5.41, 5.74) is 2.55. The number of rotatable bonds is 11. The van der Waals surface area contributed by atoms with Gasteiger partial charge in [0, 0.05) is 0 Å². The first-order valence-electron chi connectivity index (χ1n) is 12.5. The molecule has 0 aromatic heterocycles. The van der Waals surface area contributed by atoms with Gasteiger partial charge >= 0.3 is 6.36 Å². The molecule has 0 spiro atoms. The van der Waals surface area contributed by atoms with E-state index in [-0.39, 0.29) is 0 Å². The van der Waals surface area contributed by atoms with Crippen molar-refractivity contribution < 1.29 is 22.3 Å². The van der Waals surface area contributed by atoms with Gasteiger partial charge in [-0.25, -0.2) is 4.39 Å². The number of benzene rings is 2. The zero-order valence-corrected chi connectivity index (χ0v) is 19.6. The smallest absolute Gasteiger partial charge is 0.403 e. The topological polar surface area (TPSA) is 9.23 Å². The number of hydrogen-bond donors (Lipinski definition) is 0. The van der Waals surface area contributed by atoms with Gasteiger partial charge in [0.2, 0.25) is 0 Å². The van der Waals surface area contributed by atoms with Gasteiger partial charge in [0.25, 0.3) is 0 Å². The highest BCUT2D eigenvalue weighted by molar-refractivity contribution is 5.64. The second-order valence-corrected chi connectivity index (χ2v) is 9.52. The van der Waals surface area contributed by atoms with Gasteiger partial charge in [-0.1, -0.05) is 101 Å². The van der Waals surface area contributed by atoms with E-state index < -0.39 is 17.9 Å². The van der Waals surface area contributed by atoms with Crippen molar-refractivity contribution in [2.75, 3.05) is 0 Å². The Hall–Kier alpha value is -2.04. The minimum absolute atomic E-state index is 0.529. The van der Waals surface area contributed by atoms with E-state index in [4.69, 9.17) is 0 Å². The lowest BCUT2D eigenvalue weighted by Crippen LogP contribution is -2.17. The van der Waals surface area contributed by atoms with Crippen molar-refractivity contribution in [1.29, 1.82) is 0 Å². The van der Waals surface area contributed by atoms with E-state index in [1.807, 2.05) is 24.3 Å². The van der Waals surface area contributed by atoms with E-state index in [1.165, 1.54) is 82.3 Å². The Morgan fingerprint density at radius 3 is 2.00 bits per heavy atom. The molecule has 1 aliphatic rings. The van der Waals surface area contributed by atoms with Crippen molar-refractivity contribution in [1.82, 2.24) is 0 Å². The summed E-state index contributed by atoms with van der Waals surface area (Å²) in [6, 6.07) is 11.4. The molecule has 0 atom stereocenters. The third kappa shape index (κ3) is 8.68. The molecule has 0 bridgehead atoms. The summed E-state index contributed by atoms with van der Waals surface area (Å²) in [4.78, 5) is 0. The van der Waals surface area contributed by atoms with E-state index in [9.17, 15) is 17.6 Å². The molecule has 0 radical (unpaired) electrons. The number of unbranched alkanes of at least 4 members (excludes halogenated alkanes) is 4. The second-order valence-electron chi connectivity index (χ2n) is 9.52. The van der Waals surface area contributed by atoms with Crippen LogP contribution in [0.5, 0.6) is 5.75 Å². The van der Waals surface area contributed by atoms with Crippen molar-refractivity contribution in [3.05, 3.63) is 53.8 Å². The molecule has 0 heterocycles. The van der Waals surface area contributed by atoms with Gasteiger partial charge in [-0.05, 0) is 53.5 Å². The van der Waals surface area contributed by atoms with Crippen LogP contribution >= 0.6 is 0 Å². The average molecular weight is 465 g/mol. The van der Waals surface area contributed by atoms with Crippen LogP contribution in [0, 0.1) is 17.7 Å². The summed E-state index contributed by atoms with van der Waals surface area (Å²) in [7, 11) is 0. The van der Waals surface area contributed by atoms with E-state index in [2.05, 4.69) is 11.7 Å². The normalized spacial score (nSPS) is 18.9. The predicted molar refractivity (Wildman–Crippen MR) is 126 cm³/mol. The standard InChI is InChI=1S/C28H36F4O/c1-2-3-4-5-6-7-21-8-10-22(11-9-21)12-13-23-14-16-24(17-15-23)25-18-19-27(26(29)20-25)33-28(30,31)32/h14-22H,2-13H2,1H3. The Morgan fingerprint density at radius 2 is 1.39 bits per heavy atom. The van der Waals surface area contributed by atoms with Crippen LogP contribution in [-0.4, -0.2) is 6.36 Å². The number of alkyl halides is 3. The lowest BCUT2D eigenvalue weighted by Gasteiger charge is -2.28. The van der Waals surface area contributed by atoms with Crippen LogP contribution in [0.3, 0.4) is 0 Å². The maximum Gasteiger partial charge on any atom is 0.573 e. The van der Waals surface area contributed by atoms with Crippen LogP contribution in [0.1, 0.15) is 83.1 Å². The SMILES string of the molecule is CCCCCCCC1CCC(CCc2ccc(-c3ccc(OC(F)(F)F)c(F)c3)cc2)CC1. The van der Waals surface area contributed by atoms with Crippen LogP contribution in [0.25, 0.3) is 11.1 Å². The van der Waals surface area contributed by atoms with Crippen LogP contribution in [0.15, 0.2) is 42.5 Å². The van der Waals surface area contributed by atoms with E-state index in [0.717, 1.165) is 36.0 Å². The van der Waals surface area contributed by atoms with Crippen molar-refractivity contribution >= 4 is 0 Å². The zero-order chi connectivity index (χ0) is 23.7. The summed E-state index contributed by atoms with van der Waals surface area (Å²) in [6.45, 7) is 2.26. The Bertz CT molecular complexity index is 836. The molecule has 1 nitrogen and oxygen atoms in total. The molecule has 1 aliphatic carbocycles. The van der Waals surface area contributed by atoms with Crippen LogP contribution in [-0.2, 0) is 6.42 Å². The average Bonchev–Trinajstić information content (AvgIpc) is 2.79. The van der Waals surface area contributed by atoms with Gasteiger partial charge < -0.3 is 4.74 Å². The minimum Gasteiger partial charge on any atom is -0.403 e. The maximum atomic E-state index is 14.0. The van der Waals surface area contributed by atoms with Gasteiger partial charge in [0.05, 0.1) is 0 Å². The lowest BCUT2D eigenvalue weighted by atomic mass is 9.77. The van der Waals surface area contributed by atoms with Gasteiger partial charge in [-0.2, -0.15) is 0 Å². The highest BCUT2D eigenvalue weighted by Gasteiger charge is 2.32. The van der Waals surface area contributed by atoms with Gasteiger partial charge in [-0.3, -0.25) is 0 Å². The summed E-state index contributed by atoms with van der Waals surface area (Å²) in [5.74, 6) is -0.105. The number of ether oxygens (including phenoxy) is 1. The monoisotopic (exact) mass is 464 g/mol. The zero-order valence-electron chi connectivity index (χ0n) is 19.6. The molecule has 0 aliphatic heterocycles. The van der Waals surface area contributed by atoms with Gasteiger partial charge in [-0.15, -0.1) is 13.2 Å². The number of halogens is 4. The molecular formula is C28H36F4O. The predicted octanol–water partition coefficient (Wildman–Crippen LogP) is 9.49. The summed E-state index contributed by atoms with van der Waals surface area (Å²) >= 11 is 0. The number of aryl methyl sites for hydroxylation is 1. The molecule has 0 unspecified atom stereocenters. The van der Waals surface area contributed by atoms with Crippen molar-refractivity contribution in [2.45, 2.75) is 90.3 Å². The quantitative estimate of drug-likeness (QED) is 0.238. The fourth-order valence-corrected chi connectivity index (χ4v) is 4.97. The summed E-state index contributed by atoms with van der Waals surface area (Å²) in [5, 5.41) is 0. The summed E-state index contributed by atoms with van der Waals surface area (Å²) in [6.07, 6.45) is 11.0. The summed E-state index contributed by atoms with van der Waals surface area (Å²) < 4.78 is 54.6. The maximum absolute atomic E-state index is 14.0. The Balaban J connectivity index is 1.42. The Kier molecular flexibility index (Phi) is 9.64. The molecule has 33 heavy (non-hydrogen) atoms. The van der Waals surface area contributed by atoms with Crippen molar-refractivity contribution in [2.24, 2.45) is 11.8 Å². The third-order valence-corrected chi connectivity index (χ3v) is 6.97. The van der Waals surface area contributed by atoms with Gasteiger partial charge in [0.15, 0.2) is 11.6 Å². The van der Waals surface area contributed by atoms with E-state index in [1.54, 1.807) is 0 Å². The molecule has 2 aromatic carbocycles. The molecular weight excluding hydrogens is 428 g/mol. The Labute approximate surface area is 195 Å². The second kappa shape index (κ2) is 12.4. The molecule has 3 rings (SSSR count). The molecule has 0 N–H and O–H groups in total. The minimum atomic E-state index is -4.91. The number of hydrogen-bond acceptors (Lipinski definition) is 1. The van der Waals surface area contributed by atoms with Crippen LogP contribution in [0.4, 0.5) is 17.6 Å². The fourth-order valence-electron chi connectivity index (χ4n) is 4.97. The van der Waals surface area contributed by atoms with E-state index in [0.29, 0.717) is 5.56 Å². The Morgan fingerprint density at radius 1 is 0.788 bits per heavy atom. The molecule has 1 fully saturated rings. The van der Waals surface area contributed by atoms with Crippen molar-refractivity contribution in [3.8, 4) is 16.9 Å². The highest BCUT2D eigenvalue weighted by Crippen LogP contribution is 2.35. The van der Waals surface area contributed by atoms with Crippen molar-refractivity contribution in [3.63, 3.8) is 0 Å². The molecule has 0 amide bonds. The molecule has 0 saturated heterocycles. The fraction of sp³-hybridized carbons (Fsp3) is 0.571. The first-order valence-corrected chi connectivity index (χ1v) is 12.5. The third-order valence-electron chi connectivity index (χ3n) is 6.97. The van der Waals surface area contributed by atoms with E-state index >= 15 is 0 Å².